The van der Waals surface area contributed by atoms with Crippen molar-refractivity contribution in [1.82, 2.24) is 14.5 Å². The number of aromatic nitrogens is 3. The first-order chi connectivity index (χ1) is 12.6. The molecule has 0 spiro atoms. The van der Waals surface area contributed by atoms with Gasteiger partial charge in [-0.25, -0.2) is 14.4 Å². The van der Waals surface area contributed by atoms with Crippen molar-refractivity contribution in [3.63, 3.8) is 0 Å². The Balaban J connectivity index is 1.61. The second-order valence-corrected chi connectivity index (χ2v) is 7.36. The Morgan fingerprint density at radius 2 is 2.00 bits per heavy atom. The first kappa shape index (κ1) is 16.9. The van der Waals surface area contributed by atoms with Crippen molar-refractivity contribution in [2.45, 2.75) is 32.6 Å². The number of benzene rings is 1. The number of aryl methyl sites for hydroxylation is 1. The number of rotatable bonds is 4. The van der Waals surface area contributed by atoms with E-state index in [0.29, 0.717) is 5.82 Å². The summed E-state index contributed by atoms with van der Waals surface area (Å²) >= 11 is 1.46. The number of thiazole rings is 1. The van der Waals surface area contributed by atoms with Crippen LogP contribution in [0.25, 0.3) is 16.4 Å². The number of imidazole rings is 1. The molecule has 5 nitrogen and oxygen atoms in total. The van der Waals surface area contributed by atoms with Gasteiger partial charge >= 0.3 is 0 Å². The number of nitrogens with one attached hydrogen (secondary N) is 1. The van der Waals surface area contributed by atoms with E-state index < -0.39 is 0 Å². The van der Waals surface area contributed by atoms with Crippen molar-refractivity contribution in [3.8, 4) is 16.4 Å². The number of halogens is 1. The van der Waals surface area contributed by atoms with E-state index in [2.05, 4.69) is 15.3 Å². The topological polar surface area (TPSA) is 59.8 Å². The molecule has 0 radical (unpaired) electrons. The number of hydrogen-bond acceptors (Lipinski definition) is 4. The third-order valence-corrected chi connectivity index (χ3v) is 5.56. The van der Waals surface area contributed by atoms with Crippen LogP contribution in [0.3, 0.4) is 0 Å². The standard InChI is InChI=1S/C19H19FN4OS/c1-12-21-10-17(23-18(25)14-4-2-3-5-14)24(12)19-22-16(11-26-19)13-6-8-15(20)9-7-13/h6-11,14H,2-5H2,1H3,(H,23,25). The lowest BCUT2D eigenvalue weighted by Gasteiger charge is -2.12. The maximum absolute atomic E-state index is 13.1. The lowest BCUT2D eigenvalue weighted by atomic mass is 10.1. The molecule has 1 saturated carbocycles. The molecule has 1 N–H and O–H groups in total. The zero-order chi connectivity index (χ0) is 18.1. The number of carbonyl (C=O) groups is 1. The number of carbonyl (C=O) groups excluding carboxylic acids is 1. The minimum atomic E-state index is -0.272. The monoisotopic (exact) mass is 370 g/mol. The minimum absolute atomic E-state index is 0.0546. The predicted octanol–water partition coefficient (Wildman–Crippen LogP) is 4.57. The molecule has 7 heteroatoms. The van der Waals surface area contributed by atoms with Gasteiger partial charge in [0.2, 0.25) is 5.91 Å². The van der Waals surface area contributed by atoms with Gasteiger partial charge in [0.05, 0.1) is 11.9 Å². The Labute approximate surface area is 154 Å². The Morgan fingerprint density at radius 1 is 1.27 bits per heavy atom. The Kier molecular flexibility index (Phi) is 4.55. The molecule has 1 amide bonds. The van der Waals surface area contributed by atoms with E-state index >= 15 is 0 Å². The zero-order valence-corrected chi connectivity index (χ0v) is 15.2. The second-order valence-electron chi connectivity index (χ2n) is 6.52. The molecule has 134 valence electrons. The first-order valence-corrected chi connectivity index (χ1v) is 9.57. The largest absolute Gasteiger partial charge is 0.310 e. The summed E-state index contributed by atoms with van der Waals surface area (Å²) in [5, 5.41) is 5.65. The van der Waals surface area contributed by atoms with Gasteiger partial charge < -0.3 is 5.32 Å². The van der Waals surface area contributed by atoms with Gasteiger partial charge in [-0.05, 0) is 44.0 Å². The second kappa shape index (κ2) is 6.99. The Morgan fingerprint density at radius 3 is 2.73 bits per heavy atom. The summed E-state index contributed by atoms with van der Waals surface area (Å²) in [5.41, 5.74) is 1.62. The summed E-state index contributed by atoms with van der Waals surface area (Å²) in [6.07, 6.45) is 5.80. The summed E-state index contributed by atoms with van der Waals surface area (Å²) in [7, 11) is 0. The molecule has 0 unspecified atom stereocenters. The molecular formula is C19H19FN4OS. The molecule has 2 heterocycles. The van der Waals surface area contributed by atoms with Gasteiger partial charge in [0.25, 0.3) is 0 Å². The molecule has 0 atom stereocenters. The molecule has 1 aliphatic carbocycles. The van der Waals surface area contributed by atoms with E-state index in [1.807, 2.05) is 16.9 Å². The average molecular weight is 370 g/mol. The lowest BCUT2D eigenvalue weighted by Crippen LogP contribution is -2.22. The number of nitrogens with zero attached hydrogens (tertiary/aromatic N) is 3. The summed E-state index contributed by atoms with van der Waals surface area (Å²) in [6, 6.07) is 6.25. The Bertz CT molecular complexity index is 925. The maximum Gasteiger partial charge on any atom is 0.228 e. The van der Waals surface area contributed by atoms with Crippen molar-refractivity contribution < 1.29 is 9.18 Å². The van der Waals surface area contributed by atoms with Crippen molar-refractivity contribution in [2.75, 3.05) is 5.32 Å². The molecule has 1 aliphatic rings. The number of anilines is 1. The van der Waals surface area contributed by atoms with E-state index in [1.165, 1.54) is 23.5 Å². The van der Waals surface area contributed by atoms with E-state index in [-0.39, 0.29) is 17.6 Å². The molecule has 0 saturated heterocycles. The van der Waals surface area contributed by atoms with Crippen LogP contribution >= 0.6 is 11.3 Å². The molecular weight excluding hydrogens is 351 g/mol. The van der Waals surface area contributed by atoms with Crippen LogP contribution < -0.4 is 5.32 Å². The van der Waals surface area contributed by atoms with Crippen LogP contribution in [-0.2, 0) is 4.79 Å². The maximum atomic E-state index is 13.1. The fourth-order valence-electron chi connectivity index (χ4n) is 3.31. The highest BCUT2D eigenvalue weighted by molar-refractivity contribution is 7.12. The number of hydrogen-bond donors (Lipinski definition) is 1. The number of amides is 1. The van der Waals surface area contributed by atoms with E-state index in [4.69, 9.17) is 0 Å². The molecule has 1 fully saturated rings. The van der Waals surface area contributed by atoms with Crippen LogP contribution in [0.15, 0.2) is 35.8 Å². The summed E-state index contributed by atoms with van der Waals surface area (Å²) in [4.78, 5) is 21.4. The van der Waals surface area contributed by atoms with Gasteiger partial charge in [-0.1, -0.05) is 12.8 Å². The van der Waals surface area contributed by atoms with Crippen molar-refractivity contribution in [3.05, 3.63) is 47.5 Å². The molecule has 0 bridgehead atoms. The van der Waals surface area contributed by atoms with Crippen LogP contribution in [0.4, 0.5) is 10.2 Å². The normalized spacial score (nSPS) is 14.7. The fraction of sp³-hybridized carbons (Fsp3) is 0.316. The van der Waals surface area contributed by atoms with E-state index in [9.17, 15) is 9.18 Å². The summed E-state index contributed by atoms with van der Waals surface area (Å²) < 4.78 is 15.0. The van der Waals surface area contributed by atoms with Crippen molar-refractivity contribution in [2.24, 2.45) is 5.92 Å². The van der Waals surface area contributed by atoms with Gasteiger partial charge in [0, 0.05) is 16.9 Å². The molecule has 26 heavy (non-hydrogen) atoms. The van der Waals surface area contributed by atoms with Crippen LogP contribution in [-0.4, -0.2) is 20.4 Å². The van der Waals surface area contributed by atoms with E-state index in [1.54, 1.807) is 18.3 Å². The van der Waals surface area contributed by atoms with Gasteiger partial charge in [-0.2, -0.15) is 0 Å². The van der Waals surface area contributed by atoms with Gasteiger partial charge in [0.15, 0.2) is 5.13 Å². The van der Waals surface area contributed by atoms with Crippen LogP contribution in [0.2, 0.25) is 0 Å². The zero-order valence-electron chi connectivity index (χ0n) is 14.4. The van der Waals surface area contributed by atoms with Crippen molar-refractivity contribution >= 4 is 23.1 Å². The summed E-state index contributed by atoms with van der Waals surface area (Å²) in [6.45, 7) is 1.88. The third-order valence-electron chi connectivity index (χ3n) is 4.74. The molecule has 2 aromatic heterocycles. The molecule has 0 aliphatic heterocycles. The fourth-order valence-corrected chi connectivity index (χ4v) is 4.20. The van der Waals surface area contributed by atoms with Gasteiger partial charge in [-0.15, -0.1) is 11.3 Å². The molecule has 3 aromatic rings. The van der Waals surface area contributed by atoms with Crippen LogP contribution in [0, 0.1) is 18.7 Å². The quantitative estimate of drug-likeness (QED) is 0.732. The molecule has 4 rings (SSSR count). The van der Waals surface area contributed by atoms with Crippen molar-refractivity contribution in [1.29, 1.82) is 0 Å². The van der Waals surface area contributed by atoms with Gasteiger partial charge in [-0.3, -0.25) is 9.36 Å². The lowest BCUT2D eigenvalue weighted by molar-refractivity contribution is -0.119. The van der Waals surface area contributed by atoms with Crippen LogP contribution in [0.1, 0.15) is 31.5 Å². The minimum Gasteiger partial charge on any atom is -0.310 e. The Hall–Kier alpha value is -2.54. The smallest absolute Gasteiger partial charge is 0.228 e. The summed E-state index contributed by atoms with van der Waals surface area (Å²) in [5.74, 6) is 1.27. The highest BCUT2D eigenvalue weighted by atomic mass is 32.1. The highest BCUT2D eigenvalue weighted by Crippen LogP contribution is 2.29. The highest BCUT2D eigenvalue weighted by Gasteiger charge is 2.24. The predicted molar refractivity (Wildman–Crippen MR) is 100.0 cm³/mol. The van der Waals surface area contributed by atoms with Crippen LogP contribution in [0.5, 0.6) is 0 Å². The average Bonchev–Trinajstić information content (AvgIpc) is 3.36. The first-order valence-electron chi connectivity index (χ1n) is 8.69. The molecule has 1 aromatic carbocycles. The third kappa shape index (κ3) is 3.26. The van der Waals surface area contributed by atoms with E-state index in [0.717, 1.165) is 47.9 Å². The van der Waals surface area contributed by atoms with Gasteiger partial charge in [0.1, 0.15) is 17.5 Å². The SMILES string of the molecule is Cc1ncc(NC(=O)C2CCCC2)n1-c1nc(-c2ccc(F)cc2)cs1.